The lowest BCUT2D eigenvalue weighted by atomic mass is 9.68. The quantitative estimate of drug-likeness (QED) is 0.753. The van der Waals surface area contributed by atoms with E-state index in [0.717, 1.165) is 37.1 Å². The summed E-state index contributed by atoms with van der Waals surface area (Å²) < 4.78 is 0. The number of amides is 3. The molecule has 1 aromatic heterocycles. The van der Waals surface area contributed by atoms with E-state index in [0.29, 0.717) is 25.3 Å². The van der Waals surface area contributed by atoms with Crippen LogP contribution in [-0.2, 0) is 11.2 Å². The average molecular weight is 343 g/mol. The van der Waals surface area contributed by atoms with E-state index in [-0.39, 0.29) is 23.5 Å². The molecule has 0 radical (unpaired) electrons. The van der Waals surface area contributed by atoms with E-state index in [1.165, 1.54) is 12.8 Å². The number of aromatic nitrogens is 2. The standard InChI is InChI=1S/C18H25N5O2/c24-15-5-4-14(18(23-15)7-1-8-18)22-17(25)19-9-6-12-10-20-16(21-11-12)13-2-3-13/h10-11,13-14H,1-9H2,(H,23,24)(H2,19,22,25). The van der Waals surface area contributed by atoms with Crippen LogP contribution in [0.1, 0.15) is 62.3 Å². The van der Waals surface area contributed by atoms with Gasteiger partial charge >= 0.3 is 6.03 Å². The molecule has 1 atom stereocenters. The first-order valence-corrected chi connectivity index (χ1v) is 9.31. The number of urea groups is 1. The van der Waals surface area contributed by atoms with E-state index in [9.17, 15) is 9.59 Å². The van der Waals surface area contributed by atoms with Crippen molar-refractivity contribution in [3.05, 3.63) is 23.8 Å². The summed E-state index contributed by atoms with van der Waals surface area (Å²) in [6.45, 7) is 0.546. The Morgan fingerprint density at radius 1 is 1.24 bits per heavy atom. The number of carbonyl (C=O) groups excluding carboxylic acids is 2. The van der Waals surface area contributed by atoms with Gasteiger partial charge in [0, 0.05) is 31.3 Å². The Labute approximate surface area is 147 Å². The van der Waals surface area contributed by atoms with E-state index >= 15 is 0 Å². The van der Waals surface area contributed by atoms with Gasteiger partial charge in [-0.2, -0.15) is 0 Å². The summed E-state index contributed by atoms with van der Waals surface area (Å²) in [5.74, 6) is 1.61. The fraction of sp³-hybridized carbons (Fsp3) is 0.667. The minimum absolute atomic E-state index is 0.0279. The number of rotatable bonds is 5. The summed E-state index contributed by atoms with van der Waals surface area (Å²) >= 11 is 0. The molecule has 1 aromatic rings. The third kappa shape index (κ3) is 3.60. The molecule has 1 spiro atoms. The highest BCUT2D eigenvalue weighted by molar-refractivity contribution is 5.79. The first-order valence-electron chi connectivity index (χ1n) is 9.31. The molecule has 7 heteroatoms. The Bertz CT molecular complexity index is 652. The Hall–Kier alpha value is -2.18. The number of carbonyl (C=O) groups is 2. The predicted octanol–water partition coefficient (Wildman–Crippen LogP) is 1.40. The Morgan fingerprint density at radius 2 is 2.00 bits per heavy atom. The Kier molecular flexibility index (Phi) is 4.31. The zero-order chi connectivity index (χ0) is 17.3. The van der Waals surface area contributed by atoms with E-state index in [1.54, 1.807) is 0 Å². The maximum atomic E-state index is 12.2. The molecule has 1 saturated heterocycles. The van der Waals surface area contributed by atoms with Gasteiger partial charge < -0.3 is 16.0 Å². The molecule has 3 aliphatic rings. The first kappa shape index (κ1) is 16.3. The number of hydrogen-bond acceptors (Lipinski definition) is 4. The van der Waals surface area contributed by atoms with Crippen LogP contribution in [0.3, 0.4) is 0 Å². The maximum absolute atomic E-state index is 12.2. The van der Waals surface area contributed by atoms with Crippen LogP contribution in [0.5, 0.6) is 0 Å². The average Bonchev–Trinajstić information content (AvgIpc) is 3.41. The van der Waals surface area contributed by atoms with Crippen LogP contribution in [0.15, 0.2) is 12.4 Å². The summed E-state index contributed by atoms with van der Waals surface area (Å²) in [7, 11) is 0. The molecule has 7 nitrogen and oxygen atoms in total. The molecule has 2 aliphatic carbocycles. The van der Waals surface area contributed by atoms with Crippen molar-refractivity contribution in [3.8, 4) is 0 Å². The topological polar surface area (TPSA) is 96.0 Å². The molecular weight excluding hydrogens is 318 g/mol. The lowest BCUT2D eigenvalue weighted by Gasteiger charge is -2.50. The van der Waals surface area contributed by atoms with Crippen molar-refractivity contribution in [2.45, 2.75) is 68.9 Å². The van der Waals surface area contributed by atoms with Gasteiger partial charge in [0.2, 0.25) is 5.91 Å². The van der Waals surface area contributed by atoms with Gasteiger partial charge in [0.1, 0.15) is 5.82 Å². The zero-order valence-corrected chi connectivity index (χ0v) is 14.4. The zero-order valence-electron chi connectivity index (χ0n) is 14.4. The van der Waals surface area contributed by atoms with Crippen LogP contribution >= 0.6 is 0 Å². The highest BCUT2D eigenvalue weighted by Crippen LogP contribution is 2.39. The van der Waals surface area contributed by atoms with Crippen LogP contribution in [0, 0.1) is 0 Å². The van der Waals surface area contributed by atoms with Gasteiger partial charge in [0.15, 0.2) is 0 Å². The van der Waals surface area contributed by atoms with Crippen molar-refractivity contribution in [2.75, 3.05) is 6.54 Å². The maximum Gasteiger partial charge on any atom is 0.315 e. The molecule has 25 heavy (non-hydrogen) atoms. The predicted molar refractivity (Wildman–Crippen MR) is 92.0 cm³/mol. The van der Waals surface area contributed by atoms with Gasteiger partial charge in [-0.15, -0.1) is 0 Å². The molecule has 1 unspecified atom stereocenters. The fourth-order valence-electron chi connectivity index (χ4n) is 3.80. The lowest BCUT2D eigenvalue weighted by molar-refractivity contribution is -0.127. The molecule has 1 aliphatic heterocycles. The second-order valence-corrected chi connectivity index (χ2v) is 7.52. The minimum atomic E-state index is -0.209. The molecule has 0 aromatic carbocycles. The summed E-state index contributed by atoms with van der Waals surface area (Å²) in [5.41, 5.74) is 0.823. The van der Waals surface area contributed by atoms with Gasteiger partial charge in [0.05, 0.1) is 11.6 Å². The third-order valence-electron chi connectivity index (χ3n) is 5.63. The SMILES string of the molecule is O=C1CCC(NC(=O)NCCc2cnc(C3CC3)nc2)C2(CCC2)N1. The van der Waals surface area contributed by atoms with Crippen molar-refractivity contribution in [1.29, 1.82) is 0 Å². The van der Waals surface area contributed by atoms with E-state index in [1.807, 2.05) is 12.4 Å². The molecule has 0 bridgehead atoms. The van der Waals surface area contributed by atoms with Crippen molar-refractivity contribution >= 4 is 11.9 Å². The van der Waals surface area contributed by atoms with Crippen molar-refractivity contribution in [1.82, 2.24) is 25.9 Å². The van der Waals surface area contributed by atoms with Gasteiger partial charge in [-0.1, -0.05) is 0 Å². The molecule has 3 N–H and O–H groups in total. The second-order valence-electron chi connectivity index (χ2n) is 7.52. The monoisotopic (exact) mass is 343 g/mol. The van der Waals surface area contributed by atoms with Gasteiger partial charge in [0.25, 0.3) is 0 Å². The van der Waals surface area contributed by atoms with Crippen LogP contribution < -0.4 is 16.0 Å². The first-order chi connectivity index (χ1) is 12.1. The molecule has 4 rings (SSSR count). The highest BCUT2D eigenvalue weighted by atomic mass is 16.2. The van der Waals surface area contributed by atoms with Crippen LogP contribution in [0.2, 0.25) is 0 Å². The smallest absolute Gasteiger partial charge is 0.315 e. The fourth-order valence-corrected chi connectivity index (χ4v) is 3.80. The highest BCUT2D eigenvalue weighted by Gasteiger charge is 2.48. The van der Waals surface area contributed by atoms with E-state index in [4.69, 9.17) is 0 Å². The summed E-state index contributed by atoms with van der Waals surface area (Å²) in [6, 6.07) is -0.136. The molecule has 3 fully saturated rings. The van der Waals surface area contributed by atoms with Crippen LogP contribution in [0.25, 0.3) is 0 Å². The third-order valence-corrected chi connectivity index (χ3v) is 5.63. The molecular formula is C18H25N5O2. The van der Waals surface area contributed by atoms with E-state index in [2.05, 4.69) is 25.9 Å². The summed E-state index contributed by atoms with van der Waals surface area (Å²) in [4.78, 5) is 32.6. The lowest BCUT2D eigenvalue weighted by Crippen LogP contribution is -2.69. The molecule has 2 saturated carbocycles. The molecule has 3 amide bonds. The van der Waals surface area contributed by atoms with Crippen LogP contribution in [0.4, 0.5) is 4.79 Å². The van der Waals surface area contributed by atoms with Gasteiger partial charge in [-0.3, -0.25) is 4.79 Å². The number of nitrogens with one attached hydrogen (secondary N) is 3. The Balaban J connectivity index is 1.23. The Morgan fingerprint density at radius 3 is 2.64 bits per heavy atom. The van der Waals surface area contributed by atoms with Crippen molar-refractivity contribution < 1.29 is 9.59 Å². The largest absolute Gasteiger partial charge is 0.349 e. The summed E-state index contributed by atoms with van der Waals surface area (Å²) in [6.07, 6.45) is 11.0. The van der Waals surface area contributed by atoms with E-state index < -0.39 is 0 Å². The van der Waals surface area contributed by atoms with Gasteiger partial charge in [-0.25, -0.2) is 14.8 Å². The number of hydrogen-bond donors (Lipinski definition) is 3. The molecule has 134 valence electrons. The molecule has 2 heterocycles. The number of piperidine rings is 1. The minimum Gasteiger partial charge on any atom is -0.349 e. The van der Waals surface area contributed by atoms with Crippen molar-refractivity contribution in [3.63, 3.8) is 0 Å². The summed E-state index contributed by atoms with van der Waals surface area (Å²) in [5, 5.41) is 9.05. The van der Waals surface area contributed by atoms with Crippen LogP contribution in [-0.4, -0.2) is 40.0 Å². The second kappa shape index (κ2) is 6.61. The normalized spacial score (nSPS) is 24.3. The van der Waals surface area contributed by atoms with Crippen molar-refractivity contribution in [2.24, 2.45) is 0 Å². The number of nitrogens with zero attached hydrogens (tertiary/aromatic N) is 2. The van der Waals surface area contributed by atoms with Gasteiger partial charge in [-0.05, 0) is 50.5 Å².